The molecule has 0 heterocycles. The first kappa shape index (κ1) is 17.7. The first-order valence-electron chi connectivity index (χ1n) is 6.79. The van der Waals surface area contributed by atoms with Crippen molar-refractivity contribution in [3.8, 4) is 0 Å². The molecule has 5 nitrogen and oxygen atoms in total. The van der Waals surface area contributed by atoms with Crippen LogP contribution in [0.2, 0.25) is 0 Å². The van der Waals surface area contributed by atoms with E-state index in [1.54, 1.807) is 37.2 Å². The Labute approximate surface area is 133 Å². The van der Waals surface area contributed by atoms with Gasteiger partial charge in [-0.25, -0.2) is 4.79 Å². The molecule has 21 heavy (non-hydrogen) atoms. The summed E-state index contributed by atoms with van der Waals surface area (Å²) in [4.78, 5) is 26.4. The van der Waals surface area contributed by atoms with Crippen LogP contribution in [-0.4, -0.2) is 54.0 Å². The molecule has 1 aromatic carbocycles. The van der Waals surface area contributed by atoms with E-state index >= 15 is 0 Å². The summed E-state index contributed by atoms with van der Waals surface area (Å²) < 4.78 is 0.751. The van der Waals surface area contributed by atoms with Crippen LogP contribution in [0.3, 0.4) is 0 Å². The zero-order valence-electron chi connectivity index (χ0n) is 12.6. The van der Waals surface area contributed by atoms with Crippen molar-refractivity contribution in [1.29, 1.82) is 0 Å². The lowest BCUT2D eigenvalue weighted by atomic mass is 10.1. The SMILES string of the molecule is CCCN(CC(=O)N(C)C)Cc1ccc(C(=O)O)cc1Br. The van der Waals surface area contributed by atoms with Gasteiger partial charge in [0, 0.05) is 25.1 Å². The fraction of sp³-hybridized carbons (Fsp3) is 0.467. The van der Waals surface area contributed by atoms with E-state index in [-0.39, 0.29) is 11.5 Å². The number of carboxylic acid groups (broad SMARTS) is 1. The highest BCUT2D eigenvalue weighted by atomic mass is 79.9. The molecule has 0 saturated heterocycles. The van der Waals surface area contributed by atoms with Crippen LogP contribution in [0, 0.1) is 0 Å². The number of hydrogen-bond donors (Lipinski definition) is 1. The van der Waals surface area contributed by atoms with Gasteiger partial charge in [0.15, 0.2) is 0 Å². The van der Waals surface area contributed by atoms with Gasteiger partial charge in [-0.15, -0.1) is 0 Å². The molecule has 1 aromatic rings. The third kappa shape index (κ3) is 5.47. The smallest absolute Gasteiger partial charge is 0.335 e. The van der Waals surface area contributed by atoms with Crippen LogP contribution in [-0.2, 0) is 11.3 Å². The largest absolute Gasteiger partial charge is 0.478 e. The second-order valence-electron chi connectivity index (χ2n) is 5.11. The molecule has 0 bridgehead atoms. The summed E-state index contributed by atoms with van der Waals surface area (Å²) in [5.74, 6) is -0.892. The van der Waals surface area contributed by atoms with E-state index in [0.717, 1.165) is 23.0 Å². The van der Waals surface area contributed by atoms with Crippen LogP contribution in [0.4, 0.5) is 0 Å². The average Bonchev–Trinajstić information content (AvgIpc) is 2.40. The minimum absolute atomic E-state index is 0.0572. The number of amides is 1. The second kappa shape index (κ2) is 8.14. The third-order valence-electron chi connectivity index (χ3n) is 3.09. The van der Waals surface area contributed by atoms with Gasteiger partial charge in [0.1, 0.15) is 0 Å². The number of benzene rings is 1. The summed E-state index contributed by atoms with van der Waals surface area (Å²) in [5.41, 5.74) is 1.22. The molecule has 0 aliphatic rings. The number of hydrogen-bond acceptors (Lipinski definition) is 3. The van der Waals surface area contributed by atoms with E-state index in [4.69, 9.17) is 5.11 Å². The van der Waals surface area contributed by atoms with Crippen LogP contribution in [0.25, 0.3) is 0 Å². The molecule has 1 amide bonds. The molecule has 0 spiro atoms. The van der Waals surface area contributed by atoms with Gasteiger partial charge >= 0.3 is 5.97 Å². The first-order chi connectivity index (χ1) is 9.85. The molecule has 0 atom stereocenters. The van der Waals surface area contributed by atoms with Gasteiger partial charge in [-0.3, -0.25) is 9.69 Å². The number of aromatic carboxylic acids is 1. The van der Waals surface area contributed by atoms with Gasteiger partial charge in [-0.05, 0) is 30.7 Å². The third-order valence-corrected chi connectivity index (χ3v) is 3.83. The summed E-state index contributed by atoms with van der Waals surface area (Å²) in [6, 6.07) is 4.96. The molecule has 1 N–H and O–H groups in total. The second-order valence-corrected chi connectivity index (χ2v) is 5.96. The predicted molar refractivity (Wildman–Crippen MR) is 85.4 cm³/mol. The fourth-order valence-corrected chi connectivity index (χ4v) is 2.42. The molecular formula is C15H21BrN2O3. The van der Waals surface area contributed by atoms with Gasteiger partial charge < -0.3 is 10.0 Å². The van der Waals surface area contributed by atoms with Gasteiger partial charge in [-0.1, -0.05) is 28.9 Å². The summed E-state index contributed by atoms with van der Waals surface area (Å²) in [5, 5.41) is 8.96. The summed E-state index contributed by atoms with van der Waals surface area (Å²) in [7, 11) is 3.48. The Kier molecular flexibility index (Phi) is 6.84. The molecule has 0 fully saturated rings. The summed E-state index contributed by atoms with van der Waals surface area (Å²) in [6.07, 6.45) is 0.950. The van der Waals surface area contributed by atoms with Gasteiger partial charge in [0.05, 0.1) is 12.1 Å². The van der Waals surface area contributed by atoms with Crippen molar-refractivity contribution in [3.63, 3.8) is 0 Å². The van der Waals surface area contributed by atoms with E-state index in [0.29, 0.717) is 13.1 Å². The highest BCUT2D eigenvalue weighted by Gasteiger charge is 2.14. The van der Waals surface area contributed by atoms with Crippen molar-refractivity contribution in [2.45, 2.75) is 19.9 Å². The molecule has 0 radical (unpaired) electrons. The lowest BCUT2D eigenvalue weighted by Crippen LogP contribution is -2.36. The molecular weight excluding hydrogens is 336 g/mol. The Morgan fingerprint density at radius 3 is 2.43 bits per heavy atom. The van der Waals surface area contributed by atoms with Crippen LogP contribution in [0.5, 0.6) is 0 Å². The van der Waals surface area contributed by atoms with Crippen LogP contribution >= 0.6 is 15.9 Å². The molecule has 1 rings (SSSR count). The predicted octanol–water partition coefficient (Wildman–Crippen LogP) is 2.45. The maximum Gasteiger partial charge on any atom is 0.335 e. The minimum Gasteiger partial charge on any atom is -0.478 e. The number of carboxylic acids is 1. The van der Waals surface area contributed by atoms with Gasteiger partial charge in [0.2, 0.25) is 5.91 Å². The van der Waals surface area contributed by atoms with Crippen molar-refractivity contribution < 1.29 is 14.7 Å². The number of carbonyl (C=O) groups is 2. The van der Waals surface area contributed by atoms with Crippen LogP contribution < -0.4 is 0 Å². The van der Waals surface area contributed by atoms with Gasteiger partial charge in [0.25, 0.3) is 0 Å². The number of rotatable bonds is 7. The van der Waals surface area contributed by atoms with Gasteiger partial charge in [-0.2, -0.15) is 0 Å². The molecule has 6 heteroatoms. The lowest BCUT2D eigenvalue weighted by molar-refractivity contribution is -0.130. The van der Waals surface area contributed by atoms with Crippen molar-refractivity contribution in [2.24, 2.45) is 0 Å². The molecule has 0 aliphatic carbocycles. The van der Waals surface area contributed by atoms with E-state index in [9.17, 15) is 9.59 Å². The Morgan fingerprint density at radius 1 is 1.29 bits per heavy atom. The monoisotopic (exact) mass is 356 g/mol. The Hall–Kier alpha value is -1.40. The molecule has 0 aromatic heterocycles. The average molecular weight is 357 g/mol. The van der Waals surface area contributed by atoms with Crippen molar-refractivity contribution in [1.82, 2.24) is 9.80 Å². The minimum atomic E-state index is -0.949. The molecule has 116 valence electrons. The quantitative estimate of drug-likeness (QED) is 0.814. The van der Waals surface area contributed by atoms with Crippen molar-refractivity contribution in [3.05, 3.63) is 33.8 Å². The van der Waals surface area contributed by atoms with E-state index in [1.807, 2.05) is 0 Å². The molecule has 0 aliphatic heterocycles. The maximum atomic E-state index is 11.8. The van der Waals surface area contributed by atoms with Crippen LogP contribution in [0.15, 0.2) is 22.7 Å². The Balaban J connectivity index is 2.83. The maximum absolute atomic E-state index is 11.8. The highest BCUT2D eigenvalue weighted by Crippen LogP contribution is 2.20. The lowest BCUT2D eigenvalue weighted by Gasteiger charge is -2.23. The Bertz CT molecular complexity index is 518. The topological polar surface area (TPSA) is 60.9 Å². The zero-order valence-corrected chi connectivity index (χ0v) is 14.2. The number of nitrogens with zero attached hydrogens (tertiary/aromatic N) is 2. The standard InChI is InChI=1S/C15H21BrN2O3/c1-4-7-18(10-14(19)17(2)3)9-12-6-5-11(15(20)21)8-13(12)16/h5-6,8H,4,7,9-10H2,1-3H3,(H,20,21). The first-order valence-corrected chi connectivity index (χ1v) is 7.58. The number of halogens is 1. The van der Waals surface area contributed by atoms with E-state index in [2.05, 4.69) is 27.8 Å². The Morgan fingerprint density at radius 2 is 1.95 bits per heavy atom. The highest BCUT2D eigenvalue weighted by molar-refractivity contribution is 9.10. The zero-order chi connectivity index (χ0) is 16.0. The molecule has 0 unspecified atom stereocenters. The summed E-state index contributed by atoms with van der Waals surface area (Å²) in [6.45, 7) is 3.84. The number of likely N-dealkylation sites (N-methyl/N-ethyl adjacent to an activating group) is 1. The van der Waals surface area contributed by atoms with E-state index < -0.39 is 5.97 Å². The summed E-state index contributed by atoms with van der Waals surface area (Å²) >= 11 is 3.40. The van der Waals surface area contributed by atoms with Crippen LogP contribution in [0.1, 0.15) is 29.3 Å². The fourth-order valence-electron chi connectivity index (χ4n) is 1.91. The van der Waals surface area contributed by atoms with Crippen molar-refractivity contribution >= 4 is 27.8 Å². The molecule has 0 saturated carbocycles. The normalized spacial score (nSPS) is 10.7. The van der Waals surface area contributed by atoms with E-state index in [1.165, 1.54) is 0 Å². The van der Waals surface area contributed by atoms with Crippen molar-refractivity contribution in [2.75, 3.05) is 27.2 Å². The number of carbonyl (C=O) groups excluding carboxylic acids is 1.